The van der Waals surface area contributed by atoms with Crippen LogP contribution >= 0.6 is 11.8 Å². The summed E-state index contributed by atoms with van der Waals surface area (Å²) in [4.78, 5) is 11.4. The molecule has 3 aromatic rings. The SMILES string of the molecule is C=C(/C(=C(\N=C(/C)N(C)c1c(F)cc(SC)cc1F)Nc1cc(C)[nH]n1)C1CC1)c1cn(C2CC2)cn1. The van der Waals surface area contributed by atoms with Crippen molar-refractivity contribution >= 4 is 34.7 Å². The number of amidine groups is 1. The molecule has 10 heteroatoms. The van der Waals surface area contributed by atoms with E-state index in [4.69, 9.17) is 4.99 Å². The maximum Gasteiger partial charge on any atom is 0.153 e. The van der Waals surface area contributed by atoms with Gasteiger partial charge in [-0.3, -0.25) is 5.10 Å². The Bertz CT molecular complexity index is 1370. The van der Waals surface area contributed by atoms with Crippen LogP contribution in [0.1, 0.15) is 50.0 Å². The highest BCUT2D eigenvalue weighted by Crippen LogP contribution is 2.45. The fourth-order valence-corrected chi connectivity index (χ4v) is 4.74. The number of aliphatic imine (C=N–C) groups is 1. The smallest absolute Gasteiger partial charge is 0.153 e. The van der Waals surface area contributed by atoms with Gasteiger partial charge in [0.2, 0.25) is 0 Å². The van der Waals surface area contributed by atoms with Gasteiger partial charge in [-0.1, -0.05) is 6.58 Å². The highest BCUT2D eigenvalue weighted by atomic mass is 32.2. The van der Waals surface area contributed by atoms with Gasteiger partial charge in [-0.25, -0.2) is 18.8 Å². The lowest BCUT2D eigenvalue weighted by molar-refractivity contribution is 0.579. The van der Waals surface area contributed by atoms with Crippen LogP contribution in [0, 0.1) is 24.5 Å². The Kier molecular flexibility index (Phi) is 6.94. The predicted molar refractivity (Wildman–Crippen MR) is 146 cm³/mol. The average Bonchev–Trinajstić information content (AvgIpc) is 3.79. The van der Waals surface area contributed by atoms with Gasteiger partial charge in [0.05, 0.1) is 12.0 Å². The normalized spacial score (nSPS) is 16.5. The Hall–Kier alpha value is -3.40. The van der Waals surface area contributed by atoms with Crippen LogP contribution in [0.25, 0.3) is 5.57 Å². The quantitative estimate of drug-likeness (QED) is 0.144. The van der Waals surface area contributed by atoms with Gasteiger partial charge in [-0.05, 0) is 63.8 Å². The molecule has 2 fully saturated rings. The molecule has 5 rings (SSSR count). The minimum atomic E-state index is -0.639. The van der Waals surface area contributed by atoms with E-state index in [2.05, 4.69) is 31.6 Å². The second-order valence-corrected chi connectivity index (χ2v) is 10.6. The number of hydrogen-bond donors (Lipinski definition) is 2. The van der Waals surface area contributed by atoms with Crippen molar-refractivity contribution in [1.82, 2.24) is 19.7 Å². The molecule has 2 saturated carbocycles. The number of hydrogen-bond acceptors (Lipinski definition) is 5. The van der Waals surface area contributed by atoms with Gasteiger partial charge < -0.3 is 14.8 Å². The lowest BCUT2D eigenvalue weighted by atomic mass is 10.00. The number of H-pyrrole nitrogens is 1. The molecule has 0 bridgehead atoms. The molecule has 0 saturated heterocycles. The lowest BCUT2D eigenvalue weighted by Crippen LogP contribution is -2.26. The largest absolute Gasteiger partial charge is 0.334 e. The summed E-state index contributed by atoms with van der Waals surface area (Å²) in [6.07, 6.45) is 10.0. The van der Waals surface area contributed by atoms with E-state index in [1.165, 1.54) is 41.6 Å². The summed E-state index contributed by atoms with van der Waals surface area (Å²) in [5.74, 6) is 0.547. The number of imidazole rings is 1. The Balaban J connectivity index is 1.56. The van der Waals surface area contributed by atoms with E-state index < -0.39 is 11.6 Å². The Labute approximate surface area is 219 Å². The minimum Gasteiger partial charge on any atom is -0.334 e. The van der Waals surface area contributed by atoms with Crippen molar-refractivity contribution in [2.45, 2.75) is 50.5 Å². The van der Waals surface area contributed by atoms with Crippen molar-refractivity contribution in [1.29, 1.82) is 0 Å². The van der Waals surface area contributed by atoms with Crippen LogP contribution in [0.5, 0.6) is 0 Å². The van der Waals surface area contributed by atoms with E-state index in [-0.39, 0.29) is 11.6 Å². The number of aryl methyl sites for hydroxylation is 1. The van der Waals surface area contributed by atoms with E-state index in [0.29, 0.717) is 28.4 Å². The highest BCUT2D eigenvalue weighted by molar-refractivity contribution is 7.98. The molecule has 2 heterocycles. The molecule has 0 unspecified atom stereocenters. The number of nitrogens with one attached hydrogen (secondary N) is 2. The number of halogens is 2. The third-order valence-corrected chi connectivity index (χ3v) is 7.43. The monoisotopic (exact) mass is 523 g/mol. The number of anilines is 2. The van der Waals surface area contributed by atoms with Crippen molar-refractivity contribution in [2.24, 2.45) is 10.9 Å². The zero-order valence-electron chi connectivity index (χ0n) is 21.5. The van der Waals surface area contributed by atoms with Crippen LogP contribution in [0.2, 0.25) is 0 Å². The molecule has 37 heavy (non-hydrogen) atoms. The molecule has 0 atom stereocenters. The number of rotatable bonds is 9. The fraction of sp³-hybridized carbons (Fsp3) is 0.370. The maximum absolute atomic E-state index is 14.9. The van der Waals surface area contributed by atoms with Crippen molar-refractivity contribution in [3.8, 4) is 0 Å². The molecular formula is C27H31F2N7S. The third-order valence-electron chi connectivity index (χ3n) is 6.72. The number of benzene rings is 1. The van der Waals surface area contributed by atoms with Crippen LogP contribution in [0.4, 0.5) is 20.3 Å². The first-order chi connectivity index (χ1) is 17.7. The van der Waals surface area contributed by atoms with E-state index in [1.54, 1.807) is 20.2 Å². The number of allylic oxidation sites excluding steroid dienone is 2. The van der Waals surface area contributed by atoms with Crippen molar-refractivity contribution in [2.75, 3.05) is 23.5 Å². The van der Waals surface area contributed by atoms with E-state index in [1.807, 2.05) is 25.5 Å². The van der Waals surface area contributed by atoms with Gasteiger partial charge >= 0.3 is 0 Å². The van der Waals surface area contributed by atoms with Gasteiger partial charge in [0.1, 0.15) is 17.3 Å². The molecule has 2 aliphatic carbocycles. The third kappa shape index (κ3) is 5.49. The molecule has 2 aromatic heterocycles. The maximum atomic E-state index is 14.9. The average molecular weight is 524 g/mol. The molecule has 2 N–H and O–H groups in total. The number of nitrogens with zero attached hydrogens (tertiary/aromatic N) is 5. The number of aromatic amines is 1. The minimum absolute atomic E-state index is 0.149. The van der Waals surface area contributed by atoms with Gasteiger partial charge in [0, 0.05) is 47.1 Å². The summed E-state index contributed by atoms with van der Waals surface area (Å²) in [5.41, 5.74) is 3.28. The Morgan fingerprint density at radius 2 is 1.92 bits per heavy atom. The first-order valence-electron chi connectivity index (χ1n) is 12.3. The molecule has 7 nitrogen and oxygen atoms in total. The second kappa shape index (κ2) is 10.2. The summed E-state index contributed by atoms with van der Waals surface area (Å²) < 4.78 is 31.9. The molecule has 2 aliphatic rings. The molecule has 1 aromatic carbocycles. The lowest BCUT2D eigenvalue weighted by Gasteiger charge is -2.22. The molecule has 0 radical (unpaired) electrons. The summed E-state index contributed by atoms with van der Waals surface area (Å²) in [5, 5.41) is 10.6. The van der Waals surface area contributed by atoms with Gasteiger partial charge in [0.25, 0.3) is 0 Å². The van der Waals surface area contributed by atoms with Crippen LogP contribution in [0.15, 0.2) is 58.6 Å². The zero-order valence-corrected chi connectivity index (χ0v) is 22.3. The van der Waals surface area contributed by atoms with E-state index in [9.17, 15) is 8.78 Å². The van der Waals surface area contributed by atoms with Gasteiger partial charge in [-0.2, -0.15) is 5.10 Å². The molecular weight excluding hydrogens is 492 g/mol. The first-order valence-corrected chi connectivity index (χ1v) is 13.6. The molecule has 0 aliphatic heterocycles. The van der Waals surface area contributed by atoms with Gasteiger partial charge in [0.15, 0.2) is 17.5 Å². The van der Waals surface area contributed by atoms with Crippen molar-refractivity contribution in [3.05, 3.63) is 71.7 Å². The van der Waals surface area contributed by atoms with E-state index in [0.717, 1.165) is 35.4 Å². The standard InChI is InChI=1S/C27H31F2N7S/c1-15-10-24(34-33-15)32-27(31-17(3)35(4)26-21(28)11-20(37-5)12-22(26)29)25(18-6-7-18)16(2)23-13-36(14-30-23)19-8-9-19/h10-14,18-19H,2,6-9H2,1,3-5H3,(H2,32,33,34)/b27-25-,31-17+. The summed E-state index contributed by atoms with van der Waals surface area (Å²) in [6.45, 7) is 8.04. The summed E-state index contributed by atoms with van der Waals surface area (Å²) >= 11 is 1.29. The van der Waals surface area contributed by atoms with E-state index >= 15 is 0 Å². The predicted octanol–water partition coefficient (Wildman–Crippen LogP) is 6.55. The van der Waals surface area contributed by atoms with Crippen LogP contribution < -0.4 is 10.2 Å². The highest BCUT2D eigenvalue weighted by Gasteiger charge is 2.33. The van der Waals surface area contributed by atoms with Crippen molar-refractivity contribution in [3.63, 3.8) is 0 Å². The van der Waals surface area contributed by atoms with Crippen molar-refractivity contribution < 1.29 is 8.78 Å². The van der Waals surface area contributed by atoms with Crippen LogP contribution in [0.3, 0.4) is 0 Å². The zero-order chi connectivity index (χ0) is 26.3. The summed E-state index contributed by atoms with van der Waals surface area (Å²) in [7, 11) is 1.61. The number of thioether (sulfide) groups is 1. The molecule has 194 valence electrons. The Morgan fingerprint density at radius 3 is 2.49 bits per heavy atom. The summed E-state index contributed by atoms with van der Waals surface area (Å²) in [6, 6.07) is 5.07. The fourth-order valence-electron chi connectivity index (χ4n) is 4.30. The topological polar surface area (TPSA) is 74.1 Å². The Morgan fingerprint density at radius 1 is 1.22 bits per heavy atom. The van der Waals surface area contributed by atoms with Gasteiger partial charge in [-0.15, -0.1) is 11.8 Å². The van der Waals surface area contributed by atoms with Crippen LogP contribution in [-0.2, 0) is 0 Å². The molecule has 0 spiro atoms. The number of aromatic nitrogens is 4. The second-order valence-electron chi connectivity index (χ2n) is 9.67. The first kappa shape index (κ1) is 25.3. The molecule has 0 amide bonds. The van der Waals surface area contributed by atoms with Crippen LogP contribution in [-0.4, -0.2) is 38.9 Å².